The van der Waals surface area contributed by atoms with Crippen LogP contribution in [0.15, 0.2) is 41.2 Å². The number of fused-ring (bicyclic) bond motifs is 1. The molecule has 3 heterocycles. The van der Waals surface area contributed by atoms with Crippen LogP contribution in [0.25, 0.3) is 22.3 Å². The van der Waals surface area contributed by atoms with Gasteiger partial charge in [-0.15, -0.1) is 0 Å². The van der Waals surface area contributed by atoms with Gasteiger partial charge in [0.1, 0.15) is 23.3 Å². The van der Waals surface area contributed by atoms with Crippen LogP contribution in [0.1, 0.15) is 45.1 Å². The summed E-state index contributed by atoms with van der Waals surface area (Å²) in [5.41, 5.74) is 6.58. The van der Waals surface area contributed by atoms with Crippen molar-refractivity contribution in [1.82, 2.24) is 24.9 Å². The van der Waals surface area contributed by atoms with Gasteiger partial charge in [0.25, 0.3) is 0 Å². The molecule has 9 nitrogen and oxygen atoms in total. The van der Waals surface area contributed by atoms with E-state index in [0.717, 1.165) is 25.5 Å². The third-order valence-corrected chi connectivity index (χ3v) is 5.70. The fourth-order valence-corrected chi connectivity index (χ4v) is 3.48. The topological polar surface area (TPSA) is 125 Å². The number of halogens is 3. The van der Waals surface area contributed by atoms with Crippen LogP contribution in [0.5, 0.6) is 0 Å². The molecule has 4 rings (SSSR count). The molecule has 3 N–H and O–H groups in total. The lowest BCUT2D eigenvalue weighted by molar-refractivity contribution is -0.185. The maximum Gasteiger partial charge on any atom is 0.401 e. The van der Waals surface area contributed by atoms with E-state index in [1.165, 1.54) is 6.33 Å². The van der Waals surface area contributed by atoms with Gasteiger partial charge in [-0.1, -0.05) is 29.4 Å². The Morgan fingerprint density at radius 3 is 2.49 bits per heavy atom. The Morgan fingerprint density at radius 2 is 1.86 bits per heavy atom. The summed E-state index contributed by atoms with van der Waals surface area (Å²) >= 11 is 0. The molecule has 1 aromatic carbocycles. The molecule has 0 aliphatic rings. The van der Waals surface area contributed by atoms with E-state index in [4.69, 9.17) is 10.3 Å². The average Bonchev–Trinajstić information content (AvgIpc) is 3.39. The molecule has 184 valence electrons. The van der Waals surface area contributed by atoms with Crippen molar-refractivity contribution in [2.75, 3.05) is 11.1 Å². The lowest BCUT2D eigenvalue weighted by Gasteiger charge is -2.24. The molecule has 0 aliphatic heterocycles. The number of rotatable bonds is 6. The predicted octanol–water partition coefficient (Wildman–Crippen LogP) is 4.67. The predicted molar refractivity (Wildman–Crippen MR) is 123 cm³/mol. The second-order valence-electron chi connectivity index (χ2n) is 8.97. The quantitative estimate of drug-likeness (QED) is 0.405. The number of amides is 1. The number of carbonyl (C=O) groups excluding carboxylic acids is 1. The zero-order valence-corrected chi connectivity index (χ0v) is 19.5. The number of alkyl halides is 3. The van der Waals surface area contributed by atoms with Crippen LogP contribution in [0.2, 0.25) is 0 Å². The fraction of sp³-hybridized carbons (Fsp3) is 0.348. The first-order valence-electron chi connectivity index (χ1n) is 10.8. The summed E-state index contributed by atoms with van der Waals surface area (Å²) < 4.78 is 46.2. The first-order valence-corrected chi connectivity index (χ1v) is 10.8. The summed E-state index contributed by atoms with van der Waals surface area (Å²) in [7, 11) is 0. The Bertz CT molecular complexity index is 1370. The van der Waals surface area contributed by atoms with E-state index in [2.05, 4.69) is 25.5 Å². The number of nitrogens with two attached hydrogens (primary N) is 1. The molecule has 0 fully saturated rings. The van der Waals surface area contributed by atoms with Gasteiger partial charge in [-0.3, -0.25) is 4.79 Å². The first-order chi connectivity index (χ1) is 16.4. The van der Waals surface area contributed by atoms with Crippen LogP contribution in [0.4, 0.5) is 24.8 Å². The number of aromatic nitrogens is 5. The van der Waals surface area contributed by atoms with Crippen molar-refractivity contribution in [3.05, 3.63) is 48.0 Å². The summed E-state index contributed by atoms with van der Waals surface area (Å²) in [5, 5.41) is 11.3. The number of hydrogen-bond donors (Lipinski definition) is 2. The van der Waals surface area contributed by atoms with E-state index in [0.29, 0.717) is 28.1 Å². The Morgan fingerprint density at radius 1 is 1.17 bits per heavy atom. The molecule has 0 saturated heterocycles. The second kappa shape index (κ2) is 8.67. The number of nitrogen functional groups attached to an aromatic ring is 1. The number of anilines is 2. The minimum absolute atomic E-state index is 0.0163. The molecule has 0 atom stereocenters. The van der Waals surface area contributed by atoms with Crippen molar-refractivity contribution in [2.24, 2.45) is 0 Å². The maximum atomic E-state index is 13.2. The number of nitrogens with one attached hydrogen (secondary N) is 1. The van der Waals surface area contributed by atoms with Crippen molar-refractivity contribution >= 4 is 28.6 Å². The summed E-state index contributed by atoms with van der Waals surface area (Å²) in [4.78, 5) is 20.8. The van der Waals surface area contributed by atoms with Gasteiger partial charge < -0.3 is 15.6 Å². The van der Waals surface area contributed by atoms with Gasteiger partial charge in [0, 0.05) is 17.7 Å². The number of hydrogen-bond acceptors (Lipinski definition) is 7. The summed E-state index contributed by atoms with van der Waals surface area (Å²) in [6.45, 7) is 5.93. The number of carbonyl (C=O) groups is 1. The van der Waals surface area contributed by atoms with Crippen molar-refractivity contribution in [2.45, 2.75) is 51.7 Å². The molecule has 35 heavy (non-hydrogen) atoms. The van der Waals surface area contributed by atoms with Crippen LogP contribution >= 0.6 is 0 Å². The van der Waals surface area contributed by atoms with Crippen LogP contribution in [-0.4, -0.2) is 37.0 Å². The molecule has 12 heteroatoms. The highest BCUT2D eigenvalue weighted by Gasteiger charge is 2.51. The average molecular weight is 487 g/mol. The lowest BCUT2D eigenvalue weighted by atomic mass is 9.89. The lowest BCUT2D eigenvalue weighted by Crippen LogP contribution is -2.35. The van der Waals surface area contributed by atoms with E-state index in [-0.39, 0.29) is 24.0 Å². The van der Waals surface area contributed by atoms with Gasteiger partial charge in [-0.2, -0.15) is 18.3 Å². The fourth-order valence-electron chi connectivity index (χ4n) is 3.48. The normalized spacial score (nSPS) is 12.5. The van der Waals surface area contributed by atoms with Crippen LogP contribution in [0, 0.1) is 0 Å². The highest BCUT2D eigenvalue weighted by atomic mass is 19.4. The monoisotopic (exact) mass is 487 g/mol. The molecular weight excluding hydrogens is 463 g/mol. The van der Waals surface area contributed by atoms with E-state index in [1.807, 2.05) is 26.0 Å². The van der Waals surface area contributed by atoms with Gasteiger partial charge in [-0.25, -0.2) is 14.6 Å². The second-order valence-corrected chi connectivity index (χ2v) is 8.97. The zero-order valence-electron chi connectivity index (χ0n) is 19.5. The molecule has 0 radical (unpaired) electrons. The van der Waals surface area contributed by atoms with E-state index < -0.39 is 17.5 Å². The van der Waals surface area contributed by atoms with Crippen molar-refractivity contribution in [1.29, 1.82) is 0 Å². The van der Waals surface area contributed by atoms with Crippen LogP contribution in [0.3, 0.4) is 0 Å². The van der Waals surface area contributed by atoms with E-state index >= 15 is 0 Å². The van der Waals surface area contributed by atoms with Crippen molar-refractivity contribution < 1.29 is 22.5 Å². The third kappa shape index (κ3) is 4.55. The van der Waals surface area contributed by atoms with E-state index in [9.17, 15) is 18.0 Å². The Hall–Kier alpha value is -3.96. The Kier molecular flexibility index (Phi) is 5.99. The Balaban J connectivity index is 1.50. The van der Waals surface area contributed by atoms with Crippen molar-refractivity contribution in [3.63, 3.8) is 0 Å². The van der Waals surface area contributed by atoms with Gasteiger partial charge in [-0.05, 0) is 33.3 Å². The zero-order chi connectivity index (χ0) is 25.5. The molecule has 0 bridgehead atoms. The third-order valence-electron chi connectivity index (χ3n) is 5.70. The molecular formula is C23H24F3N7O2. The minimum Gasteiger partial charge on any atom is -0.383 e. The molecule has 0 saturated carbocycles. The Labute approximate surface area is 198 Å². The molecule has 0 spiro atoms. The summed E-state index contributed by atoms with van der Waals surface area (Å²) in [5.74, 6) is -0.600. The standard InChI is InChI=1S/C23H24F3N7O2/c1-12(2)33-21-18(20(27)28-11-29-21)19(31-33)14-7-5-13(6-8-14)9-17(34)30-16-10-15(35-32-16)22(3,4)23(24,25)26/h5-8,10-12H,9H2,1-4H3,(H2,27,28,29)(H,30,32,34). The van der Waals surface area contributed by atoms with Gasteiger partial charge in [0.15, 0.2) is 17.2 Å². The van der Waals surface area contributed by atoms with Gasteiger partial charge in [0.05, 0.1) is 11.8 Å². The largest absolute Gasteiger partial charge is 0.401 e. The SMILES string of the molecule is CC(C)n1nc(-c2ccc(CC(=O)Nc3cc(C(C)(C)C(F)(F)F)on3)cc2)c2c(N)ncnc21. The minimum atomic E-state index is -4.53. The van der Waals surface area contributed by atoms with E-state index in [1.54, 1.807) is 16.8 Å². The van der Waals surface area contributed by atoms with Crippen LogP contribution in [-0.2, 0) is 16.6 Å². The molecule has 1 amide bonds. The summed E-state index contributed by atoms with van der Waals surface area (Å²) in [6, 6.07) is 8.27. The molecule has 0 unspecified atom stereocenters. The van der Waals surface area contributed by atoms with Gasteiger partial charge >= 0.3 is 6.18 Å². The molecule has 3 aromatic heterocycles. The number of benzene rings is 1. The van der Waals surface area contributed by atoms with Crippen LogP contribution < -0.4 is 11.1 Å². The smallest absolute Gasteiger partial charge is 0.383 e. The highest BCUT2D eigenvalue weighted by molar-refractivity contribution is 5.98. The maximum absolute atomic E-state index is 13.2. The van der Waals surface area contributed by atoms with Crippen molar-refractivity contribution in [3.8, 4) is 11.3 Å². The molecule has 4 aromatic rings. The first kappa shape index (κ1) is 24.2. The van der Waals surface area contributed by atoms with Gasteiger partial charge in [0.2, 0.25) is 5.91 Å². The number of nitrogens with zero attached hydrogens (tertiary/aromatic N) is 5. The molecule has 0 aliphatic carbocycles. The highest BCUT2D eigenvalue weighted by Crippen LogP contribution is 2.41. The summed E-state index contributed by atoms with van der Waals surface area (Å²) in [6.07, 6.45) is -3.15.